The second-order valence-electron chi connectivity index (χ2n) is 11.6. The predicted octanol–water partition coefficient (Wildman–Crippen LogP) is 6.36. The summed E-state index contributed by atoms with van der Waals surface area (Å²) in [6, 6.07) is 0. The van der Waals surface area contributed by atoms with Crippen LogP contribution < -0.4 is 0 Å². The molecular formula is C25H40O. The van der Waals surface area contributed by atoms with Crippen LogP contribution in [0.1, 0.15) is 90.9 Å². The van der Waals surface area contributed by atoms with Gasteiger partial charge in [-0.3, -0.25) is 0 Å². The van der Waals surface area contributed by atoms with Crippen molar-refractivity contribution in [3.05, 3.63) is 12.2 Å². The highest BCUT2D eigenvalue weighted by Gasteiger charge is 2.57. The summed E-state index contributed by atoms with van der Waals surface area (Å²) in [6.07, 6.45) is 16.0. The molecular weight excluding hydrogens is 316 g/mol. The van der Waals surface area contributed by atoms with Crippen molar-refractivity contribution in [1.82, 2.24) is 0 Å². The van der Waals surface area contributed by atoms with Crippen LogP contribution >= 0.6 is 0 Å². The smallest absolute Gasteiger partial charge is 0.0653 e. The molecule has 1 N–H and O–H groups in total. The third-order valence-electron chi connectivity index (χ3n) is 10.1. The second kappa shape index (κ2) is 6.10. The van der Waals surface area contributed by atoms with E-state index in [1.54, 1.807) is 0 Å². The molecule has 1 nitrogen and oxygen atoms in total. The Morgan fingerprint density at radius 3 is 2.42 bits per heavy atom. The Balaban J connectivity index is 1.31. The van der Waals surface area contributed by atoms with E-state index in [1.165, 1.54) is 63.4 Å². The van der Waals surface area contributed by atoms with Crippen molar-refractivity contribution in [2.45, 2.75) is 96.5 Å². The van der Waals surface area contributed by atoms with Gasteiger partial charge in [0.25, 0.3) is 0 Å². The quantitative estimate of drug-likeness (QED) is 0.583. The summed E-state index contributed by atoms with van der Waals surface area (Å²) in [6.45, 7) is 9.25. The van der Waals surface area contributed by atoms with E-state index in [0.29, 0.717) is 5.41 Å². The highest BCUT2D eigenvalue weighted by Crippen LogP contribution is 2.65. The molecule has 26 heavy (non-hydrogen) atoms. The first-order valence-corrected chi connectivity index (χ1v) is 11.8. The lowest BCUT2D eigenvalue weighted by Gasteiger charge is -2.57. The minimum absolute atomic E-state index is 0.295. The average molecular weight is 357 g/mol. The van der Waals surface area contributed by atoms with Gasteiger partial charge in [0, 0.05) is 0 Å². The average Bonchev–Trinajstić information content (AvgIpc) is 3.31. The molecule has 0 amide bonds. The monoisotopic (exact) mass is 356 g/mol. The lowest BCUT2D eigenvalue weighted by Crippen LogP contribution is -2.51. The maximum atomic E-state index is 11.2. The Kier molecular flexibility index (Phi) is 4.17. The summed E-state index contributed by atoms with van der Waals surface area (Å²) in [5, 5.41) is 11.2. The van der Waals surface area contributed by atoms with Gasteiger partial charge in [-0.2, -0.15) is 0 Å². The Morgan fingerprint density at radius 1 is 0.923 bits per heavy atom. The zero-order valence-electron chi connectivity index (χ0n) is 17.2. The molecule has 5 aliphatic rings. The molecule has 0 spiro atoms. The van der Waals surface area contributed by atoms with Crippen LogP contribution in [0.15, 0.2) is 12.2 Å². The second-order valence-corrected chi connectivity index (χ2v) is 11.6. The molecule has 1 heteroatoms. The summed E-state index contributed by atoms with van der Waals surface area (Å²) in [5.74, 6) is 6.31. The fourth-order valence-corrected chi connectivity index (χ4v) is 8.82. The van der Waals surface area contributed by atoms with Crippen molar-refractivity contribution < 1.29 is 5.11 Å². The molecule has 0 aromatic rings. The Morgan fingerprint density at radius 2 is 1.69 bits per heavy atom. The zero-order chi connectivity index (χ0) is 18.1. The third-order valence-corrected chi connectivity index (χ3v) is 10.1. The molecule has 0 radical (unpaired) electrons. The summed E-state index contributed by atoms with van der Waals surface area (Å²) >= 11 is 0. The van der Waals surface area contributed by atoms with Crippen molar-refractivity contribution in [2.24, 2.45) is 46.8 Å². The molecule has 0 aromatic carbocycles. The molecule has 0 aromatic heterocycles. The lowest BCUT2D eigenvalue weighted by molar-refractivity contribution is -0.108. The maximum Gasteiger partial charge on any atom is 0.0653 e. The van der Waals surface area contributed by atoms with E-state index in [9.17, 15) is 5.11 Å². The van der Waals surface area contributed by atoms with Gasteiger partial charge in [-0.05, 0) is 118 Å². The molecule has 0 saturated heterocycles. The van der Waals surface area contributed by atoms with Gasteiger partial charge in [0.15, 0.2) is 0 Å². The van der Waals surface area contributed by atoms with E-state index in [4.69, 9.17) is 0 Å². The van der Waals surface area contributed by atoms with E-state index < -0.39 is 0 Å². The van der Waals surface area contributed by atoms with E-state index in [0.717, 1.165) is 60.7 Å². The van der Waals surface area contributed by atoms with Crippen molar-refractivity contribution >= 4 is 0 Å². The SMILES string of the molecule is C=C(C)[C@H]1CC[C@H]2[C@@H]3CC[C@@H]4C[C@@](O)(CC5CC5)CC[C@@H]4[C@H]3CC[C@]12C. The van der Waals surface area contributed by atoms with Gasteiger partial charge >= 0.3 is 0 Å². The molecule has 0 heterocycles. The van der Waals surface area contributed by atoms with Gasteiger partial charge in [0.05, 0.1) is 5.60 Å². The number of hydrogen-bond donors (Lipinski definition) is 1. The van der Waals surface area contributed by atoms with Crippen LogP contribution in [-0.2, 0) is 0 Å². The standard InChI is InChI=1S/C25H40O/c1-16(2)22-8-9-23-21-7-6-18-15-25(26,14-17-4-5-17)13-11-19(18)20(21)10-12-24(22,23)3/h17-23,26H,1,4-15H2,2-3H3/t18-,19+,20-,21-,22-,23+,24-,25+/m1/s1. The van der Waals surface area contributed by atoms with Gasteiger partial charge in [-0.15, -0.1) is 0 Å². The number of fused-ring (bicyclic) bond motifs is 5. The normalized spacial score (nSPS) is 53.5. The first kappa shape index (κ1) is 17.8. The highest BCUT2D eigenvalue weighted by molar-refractivity contribution is 5.14. The van der Waals surface area contributed by atoms with Gasteiger partial charge in [0.2, 0.25) is 0 Å². The first-order valence-electron chi connectivity index (χ1n) is 11.8. The molecule has 5 aliphatic carbocycles. The van der Waals surface area contributed by atoms with Crippen LogP contribution in [0.5, 0.6) is 0 Å². The number of allylic oxidation sites excluding steroid dienone is 1. The third kappa shape index (κ3) is 2.75. The Bertz CT molecular complexity index is 577. The van der Waals surface area contributed by atoms with Gasteiger partial charge in [-0.1, -0.05) is 31.9 Å². The van der Waals surface area contributed by atoms with Gasteiger partial charge < -0.3 is 5.11 Å². The maximum absolute atomic E-state index is 11.2. The van der Waals surface area contributed by atoms with E-state index >= 15 is 0 Å². The fraction of sp³-hybridized carbons (Fsp3) is 0.920. The zero-order valence-corrected chi connectivity index (χ0v) is 17.2. The number of hydrogen-bond acceptors (Lipinski definition) is 1. The fourth-order valence-electron chi connectivity index (χ4n) is 8.82. The molecule has 0 aliphatic heterocycles. The van der Waals surface area contributed by atoms with Crippen molar-refractivity contribution in [3.8, 4) is 0 Å². The van der Waals surface area contributed by atoms with Crippen molar-refractivity contribution in [3.63, 3.8) is 0 Å². The Labute approximate surface area is 161 Å². The minimum Gasteiger partial charge on any atom is -0.390 e. The largest absolute Gasteiger partial charge is 0.390 e. The van der Waals surface area contributed by atoms with E-state index in [1.807, 2.05) is 0 Å². The van der Waals surface area contributed by atoms with Crippen LogP contribution in [0.2, 0.25) is 0 Å². The molecule has 0 bridgehead atoms. The minimum atomic E-state index is -0.295. The topological polar surface area (TPSA) is 20.2 Å². The van der Waals surface area contributed by atoms with Crippen LogP contribution in [0, 0.1) is 46.8 Å². The predicted molar refractivity (Wildman–Crippen MR) is 108 cm³/mol. The summed E-state index contributed by atoms with van der Waals surface area (Å²) in [7, 11) is 0. The molecule has 5 fully saturated rings. The number of aliphatic hydroxyl groups is 1. The van der Waals surface area contributed by atoms with Gasteiger partial charge in [-0.25, -0.2) is 0 Å². The van der Waals surface area contributed by atoms with Crippen LogP contribution in [0.4, 0.5) is 0 Å². The van der Waals surface area contributed by atoms with E-state index in [2.05, 4.69) is 20.4 Å². The van der Waals surface area contributed by atoms with Gasteiger partial charge in [0.1, 0.15) is 0 Å². The molecule has 5 rings (SSSR count). The molecule has 5 saturated carbocycles. The Hall–Kier alpha value is -0.300. The summed E-state index contributed by atoms with van der Waals surface area (Å²) in [4.78, 5) is 0. The molecule has 8 atom stereocenters. The van der Waals surface area contributed by atoms with E-state index in [-0.39, 0.29) is 5.60 Å². The lowest BCUT2D eigenvalue weighted by atomic mass is 9.48. The van der Waals surface area contributed by atoms with Crippen LogP contribution in [0.3, 0.4) is 0 Å². The molecule has 146 valence electrons. The van der Waals surface area contributed by atoms with Crippen LogP contribution in [-0.4, -0.2) is 10.7 Å². The van der Waals surface area contributed by atoms with Crippen molar-refractivity contribution in [1.29, 1.82) is 0 Å². The van der Waals surface area contributed by atoms with Crippen LogP contribution in [0.25, 0.3) is 0 Å². The molecule has 0 unspecified atom stereocenters. The summed E-state index contributed by atoms with van der Waals surface area (Å²) in [5.41, 5.74) is 1.70. The van der Waals surface area contributed by atoms with Crippen molar-refractivity contribution in [2.75, 3.05) is 0 Å². The number of rotatable bonds is 3. The summed E-state index contributed by atoms with van der Waals surface area (Å²) < 4.78 is 0. The first-order chi connectivity index (χ1) is 12.4. The highest BCUT2D eigenvalue weighted by atomic mass is 16.3.